The van der Waals surface area contributed by atoms with Gasteiger partial charge in [-0.3, -0.25) is 0 Å². The summed E-state index contributed by atoms with van der Waals surface area (Å²) >= 11 is 0. The maximum atomic E-state index is 13.7. The number of halogens is 2. The molecule has 0 unspecified atom stereocenters. The Morgan fingerprint density at radius 1 is 1.20 bits per heavy atom. The van der Waals surface area contributed by atoms with Crippen LogP contribution < -0.4 is 5.73 Å². The van der Waals surface area contributed by atoms with Crippen LogP contribution in [-0.2, 0) is 19.5 Å². The van der Waals surface area contributed by atoms with Crippen molar-refractivity contribution in [2.24, 2.45) is 11.7 Å². The highest BCUT2D eigenvalue weighted by atomic mass is 19.1. The molecule has 0 spiro atoms. The zero-order valence-electron chi connectivity index (χ0n) is 11.6. The van der Waals surface area contributed by atoms with Crippen molar-refractivity contribution in [3.63, 3.8) is 0 Å². The Labute approximate surface area is 116 Å². The molecule has 0 amide bonds. The molecule has 0 radical (unpaired) electrons. The number of hydrogen-bond acceptors (Lipinski definition) is 3. The van der Waals surface area contributed by atoms with Crippen molar-refractivity contribution >= 4 is 0 Å². The smallest absolute Gasteiger partial charge is 0.146 e. The molecule has 0 saturated carbocycles. The summed E-state index contributed by atoms with van der Waals surface area (Å²) < 4.78 is 28.5. The Morgan fingerprint density at radius 2 is 1.90 bits per heavy atom. The van der Waals surface area contributed by atoms with Crippen LogP contribution in [0.5, 0.6) is 0 Å². The van der Waals surface area contributed by atoms with E-state index in [4.69, 9.17) is 5.73 Å². The van der Waals surface area contributed by atoms with Crippen LogP contribution in [-0.4, -0.2) is 14.8 Å². The molecule has 0 aliphatic rings. The molecule has 1 aromatic heterocycles. The lowest BCUT2D eigenvalue weighted by atomic mass is 10.1. The van der Waals surface area contributed by atoms with Crippen molar-refractivity contribution in [1.29, 1.82) is 0 Å². The van der Waals surface area contributed by atoms with Crippen LogP contribution in [0.2, 0.25) is 0 Å². The topological polar surface area (TPSA) is 56.7 Å². The van der Waals surface area contributed by atoms with E-state index in [9.17, 15) is 8.78 Å². The first-order valence-corrected chi connectivity index (χ1v) is 6.56. The van der Waals surface area contributed by atoms with Gasteiger partial charge in [-0.05, 0) is 17.5 Å². The minimum absolute atomic E-state index is 0.270. The summed E-state index contributed by atoms with van der Waals surface area (Å²) in [6.07, 6.45) is 0.270. The van der Waals surface area contributed by atoms with E-state index in [0.29, 0.717) is 23.1 Å². The van der Waals surface area contributed by atoms with Crippen LogP contribution in [0.4, 0.5) is 8.78 Å². The molecule has 0 aliphatic heterocycles. The summed E-state index contributed by atoms with van der Waals surface area (Å²) in [6, 6.07) is 3.55. The summed E-state index contributed by atoms with van der Waals surface area (Å²) in [5.41, 5.74) is 6.03. The summed E-state index contributed by atoms with van der Waals surface area (Å²) in [5.74, 6) is 0.560. The van der Waals surface area contributed by atoms with E-state index in [0.717, 1.165) is 12.6 Å². The number of hydrogen-bond donors (Lipinski definition) is 1. The fraction of sp³-hybridized carbons (Fsp3) is 0.429. The molecule has 0 bridgehead atoms. The lowest BCUT2D eigenvalue weighted by Crippen LogP contribution is -2.15. The van der Waals surface area contributed by atoms with Gasteiger partial charge in [0.05, 0.1) is 6.54 Å². The highest BCUT2D eigenvalue weighted by Crippen LogP contribution is 2.15. The van der Waals surface area contributed by atoms with Gasteiger partial charge in [0.25, 0.3) is 0 Å². The van der Waals surface area contributed by atoms with E-state index < -0.39 is 11.6 Å². The minimum atomic E-state index is -0.586. The molecular weight excluding hydrogens is 262 g/mol. The van der Waals surface area contributed by atoms with Crippen molar-refractivity contribution in [2.45, 2.75) is 33.4 Å². The monoisotopic (exact) mass is 280 g/mol. The molecule has 2 aromatic rings. The van der Waals surface area contributed by atoms with Gasteiger partial charge in [-0.1, -0.05) is 19.9 Å². The van der Waals surface area contributed by atoms with Crippen molar-refractivity contribution in [1.82, 2.24) is 14.8 Å². The maximum Gasteiger partial charge on any atom is 0.146 e. The summed E-state index contributed by atoms with van der Waals surface area (Å²) in [7, 11) is 0. The van der Waals surface area contributed by atoms with Crippen LogP contribution >= 0.6 is 0 Å². The van der Waals surface area contributed by atoms with E-state index in [1.807, 2.05) is 4.57 Å². The average molecular weight is 280 g/mol. The quantitative estimate of drug-likeness (QED) is 0.914. The molecular formula is C14H18F2N4. The highest BCUT2D eigenvalue weighted by Gasteiger charge is 2.14. The largest absolute Gasteiger partial charge is 0.324 e. The van der Waals surface area contributed by atoms with Gasteiger partial charge in [0, 0.05) is 19.0 Å². The van der Waals surface area contributed by atoms with E-state index >= 15 is 0 Å². The second-order valence-corrected chi connectivity index (χ2v) is 5.15. The van der Waals surface area contributed by atoms with E-state index in [1.54, 1.807) is 0 Å². The predicted octanol–water partition coefficient (Wildman–Crippen LogP) is 2.26. The fourth-order valence-corrected chi connectivity index (χ4v) is 2.07. The van der Waals surface area contributed by atoms with Crippen LogP contribution in [0.1, 0.15) is 31.1 Å². The normalized spacial score (nSPS) is 11.3. The second-order valence-electron chi connectivity index (χ2n) is 5.15. The molecule has 6 heteroatoms. The SMILES string of the molecule is CC(C)Cn1c(CN)nnc1Cc1ccc(F)cc1F. The summed E-state index contributed by atoms with van der Waals surface area (Å²) in [4.78, 5) is 0. The Balaban J connectivity index is 2.30. The highest BCUT2D eigenvalue weighted by molar-refractivity contribution is 5.22. The Morgan fingerprint density at radius 3 is 2.50 bits per heavy atom. The first kappa shape index (κ1) is 14.6. The zero-order valence-corrected chi connectivity index (χ0v) is 11.6. The lowest BCUT2D eigenvalue weighted by molar-refractivity contribution is 0.493. The molecule has 0 saturated heterocycles. The van der Waals surface area contributed by atoms with Gasteiger partial charge >= 0.3 is 0 Å². The lowest BCUT2D eigenvalue weighted by Gasteiger charge is -2.12. The summed E-state index contributed by atoms with van der Waals surface area (Å²) in [6.45, 7) is 5.15. The van der Waals surface area contributed by atoms with Crippen LogP contribution in [0.3, 0.4) is 0 Å². The van der Waals surface area contributed by atoms with Gasteiger partial charge in [0.15, 0.2) is 0 Å². The van der Waals surface area contributed by atoms with Gasteiger partial charge in [0.1, 0.15) is 23.3 Å². The van der Waals surface area contributed by atoms with E-state index in [-0.39, 0.29) is 13.0 Å². The minimum Gasteiger partial charge on any atom is -0.324 e. The van der Waals surface area contributed by atoms with Gasteiger partial charge in [0.2, 0.25) is 0 Å². The molecule has 0 atom stereocenters. The molecule has 1 heterocycles. The first-order valence-electron chi connectivity index (χ1n) is 6.56. The Bertz CT molecular complexity index is 593. The van der Waals surface area contributed by atoms with Gasteiger partial charge in [-0.25, -0.2) is 8.78 Å². The molecule has 20 heavy (non-hydrogen) atoms. The van der Waals surface area contributed by atoms with Crippen LogP contribution in [0.25, 0.3) is 0 Å². The maximum absolute atomic E-state index is 13.7. The van der Waals surface area contributed by atoms with E-state index in [2.05, 4.69) is 24.0 Å². The van der Waals surface area contributed by atoms with Gasteiger partial charge in [-0.15, -0.1) is 10.2 Å². The molecule has 4 nitrogen and oxygen atoms in total. The van der Waals surface area contributed by atoms with Crippen molar-refractivity contribution in [3.8, 4) is 0 Å². The fourth-order valence-electron chi connectivity index (χ4n) is 2.07. The predicted molar refractivity (Wildman–Crippen MR) is 71.9 cm³/mol. The molecule has 108 valence electrons. The molecule has 0 fully saturated rings. The van der Waals surface area contributed by atoms with E-state index in [1.165, 1.54) is 12.1 Å². The third-order valence-corrected chi connectivity index (χ3v) is 3.00. The average Bonchev–Trinajstić information content (AvgIpc) is 2.74. The van der Waals surface area contributed by atoms with Gasteiger partial charge in [-0.2, -0.15) is 0 Å². The molecule has 1 aromatic carbocycles. The molecule has 0 aliphatic carbocycles. The van der Waals surface area contributed by atoms with Gasteiger partial charge < -0.3 is 10.3 Å². The Kier molecular flexibility index (Phi) is 4.44. The number of aromatic nitrogens is 3. The molecule has 2 rings (SSSR count). The van der Waals surface area contributed by atoms with Crippen molar-refractivity contribution < 1.29 is 8.78 Å². The number of nitrogens with zero attached hydrogens (tertiary/aromatic N) is 3. The second kappa shape index (κ2) is 6.09. The van der Waals surface area contributed by atoms with Crippen molar-refractivity contribution in [3.05, 3.63) is 47.0 Å². The van der Waals surface area contributed by atoms with Crippen LogP contribution in [0.15, 0.2) is 18.2 Å². The third-order valence-electron chi connectivity index (χ3n) is 3.00. The third kappa shape index (κ3) is 3.19. The first-order chi connectivity index (χ1) is 9.51. The number of nitrogens with two attached hydrogens (primary N) is 1. The van der Waals surface area contributed by atoms with Crippen LogP contribution in [0, 0.1) is 17.6 Å². The Hall–Kier alpha value is -1.82. The number of benzene rings is 1. The number of rotatable bonds is 5. The standard InChI is InChI=1S/C14H18F2N4/c1-9(2)8-20-13(18-19-14(20)7-17)5-10-3-4-11(15)6-12(10)16/h3-4,6,9H,5,7-8,17H2,1-2H3. The zero-order chi connectivity index (χ0) is 14.7. The van der Waals surface area contributed by atoms with Crippen molar-refractivity contribution in [2.75, 3.05) is 0 Å². The molecule has 2 N–H and O–H groups in total. The summed E-state index contributed by atoms with van der Waals surface area (Å²) in [5, 5.41) is 8.09.